The average molecular weight is 233 g/mol. The fraction of sp³-hybridized carbons (Fsp3) is 0.643. The molecule has 0 bridgehead atoms. The van der Waals surface area contributed by atoms with Gasteiger partial charge in [0.25, 0.3) is 0 Å². The number of rotatable bonds is 6. The fourth-order valence-corrected chi connectivity index (χ4v) is 2.25. The predicted octanol–water partition coefficient (Wildman–Crippen LogP) is 3.14. The summed E-state index contributed by atoms with van der Waals surface area (Å²) in [6.45, 7) is 7.43. The molecule has 0 amide bonds. The van der Waals surface area contributed by atoms with Crippen LogP contribution in [0.25, 0.3) is 0 Å². The lowest BCUT2D eigenvalue weighted by Gasteiger charge is -2.32. The number of nitrogens with zero attached hydrogens (tertiary/aromatic N) is 2. The summed E-state index contributed by atoms with van der Waals surface area (Å²) in [7, 11) is 0. The van der Waals surface area contributed by atoms with Gasteiger partial charge in [0.05, 0.1) is 0 Å². The highest BCUT2D eigenvalue weighted by atomic mass is 15.2. The zero-order chi connectivity index (χ0) is 12.1. The molecule has 1 saturated carbocycles. The Morgan fingerprint density at radius 1 is 1.35 bits per heavy atom. The van der Waals surface area contributed by atoms with E-state index in [2.05, 4.69) is 41.2 Å². The molecule has 0 radical (unpaired) electrons. The minimum Gasteiger partial charge on any atom is -0.370 e. The van der Waals surface area contributed by atoms with E-state index < -0.39 is 0 Å². The van der Waals surface area contributed by atoms with E-state index in [0.29, 0.717) is 0 Å². The highest BCUT2D eigenvalue weighted by Crippen LogP contribution is 2.28. The molecule has 0 aliphatic heterocycles. The first kappa shape index (κ1) is 12.2. The summed E-state index contributed by atoms with van der Waals surface area (Å²) in [5.74, 6) is 2.98. The number of nitrogens with one attached hydrogen (secondary N) is 1. The van der Waals surface area contributed by atoms with E-state index in [1.165, 1.54) is 25.8 Å². The summed E-state index contributed by atoms with van der Waals surface area (Å²) in [4.78, 5) is 7.05. The first-order chi connectivity index (χ1) is 8.33. The van der Waals surface area contributed by atoms with Gasteiger partial charge in [-0.2, -0.15) is 0 Å². The minimum atomic E-state index is 0.888. The molecule has 1 aromatic heterocycles. The van der Waals surface area contributed by atoms with E-state index in [4.69, 9.17) is 0 Å². The van der Waals surface area contributed by atoms with Crippen LogP contribution in [0, 0.1) is 5.92 Å². The fourth-order valence-electron chi connectivity index (χ4n) is 2.25. The van der Waals surface area contributed by atoms with Gasteiger partial charge in [-0.1, -0.05) is 12.5 Å². The second kappa shape index (κ2) is 5.89. The molecule has 0 spiro atoms. The molecule has 2 rings (SSSR count). The van der Waals surface area contributed by atoms with Crippen LogP contribution in [-0.2, 0) is 0 Å². The van der Waals surface area contributed by atoms with Gasteiger partial charge in [0.1, 0.15) is 11.6 Å². The maximum Gasteiger partial charge on any atom is 0.130 e. The van der Waals surface area contributed by atoms with Crippen LogP contribution in [0.1, 0.15) is 33.1 Å². The largest absolute Gasteiger partial charge is 0.370 e. The Morgan fingerprint density at radius 2 is 2.18 bits per heavy atom. The monoisotopic (exact) mass is 233 g/mol. The summed E-state index contributed by atoms with van der Waals surface area (Å²) in [5, 5.41) is 3.27. The standard InChI is InChI=1S/C14H23N3/c1-3-15-13-9-6-10-14(16-13)17(4-2)11-12-7-5-8-12/h6,9-10,12H,3-5,7-8,11H2,1-2H3,(H,15,16). The van der Waals surface area contributed by atoms with Crippen molar-refractivity contribution in [2.24, 2.45) is 5.92 Å². The Balaban J connectivity index is 2.03. The van der Waals surface area contributed by atoms with Gasteiger partial charge in [0.15, 0.2) is 0 Å². The van der Waals surface area contributed by atoms with E-state index in [1.54, 1.807) is 0 Å². The van der Waals surface area contributed by atoms with Crippen LogP contribution < -0.4 is 10.2 Å². The number of aromatic nitrogens is 1. The van der Waals surface area contributed by atoms with Crippen molar-refractivity contribution >= 4 is 11.6 Å². The van der Waals surface area contributed by atoms with Crippen LogP contribution in [-0.4, -0.2) is 24.6 Å². The van der Waals surface area contributed by atoms with E-state index in [0.717, 1.165) is 30.6 Å². The van der Waals surface area contributed by atoms with Crippen molar-refractivity contribution in [3.05, 3.63) is 18.2 Å². The predicted molar refractivity (Wildman–Crippen MR) is 73.6 cm³/mol. The van der Waals surface area contributed by atoms with Crippen LogP contribution in [0.4, 0.5) is 11.6 Å². The van der Waals surface area contributed by atoms with Crippen LogP contribution in [0.3, 0.4) is 0 Å². The molecule has 0 saturated heterocycles. The number of hydrogen-bond donors (Lipinski definition) is 1. The lowest BCUT2D eigenvalue weighted by Crippen LogP contribution is -2.33. The van der Waals surface area contributed by atoms with Crippen LogP contribution in [0.2, 0.25) is 0 Å². The summed E-state index contributed by atoms with van der Waals surface area (Å²) in [5.41, 5.74) is 0. The van der Waals surface area contributed by atoms with E-state index in [1.807, 2.05) is 6.07 Å². The second-order valence-electron chi connectivity index (χ2n) is 4.75. The number of pyridine rings is 1. The number of anilines is 2. The molecule has 1 heterocycles. The van der Waals surface area contributed by atoms with Gasteiger partial charge in [-0.15, -0.1) is 0 Å². The first-order valence-electron chi connectivity index (χ1n) is 6.79. The third-order valence-electron chi connectivity index (χ3n) is 3.50. The van der Waals surface area contributed by atoms with Gasteiger partial charge in [-0.25, -0.2) is 4.98 Å². The molecule has 1 fully saturated rings. The Hall–Kier alpha value is -1.25. The van der Waals surface area contributed by atoms with Crippen molar-refractivity contribution < 1.29 is 0 Å². The van der Waals surface area contributed by atoms with Crippen molar-refractivity contribution in [3.8, 4) is 0 Å². The quantitative estimate of drug-likeness (QED) is 0.818. The summed E-state index contributed by atoms with van der Waals surface area (Å²) in [6.07, 6.45) is 4.19. The van der Waals surface area contributed by atoms with Crippen molar-refractivity contribution in [2.45, 2.75) is 33.1 Å². The average Bonchev–Trinajstić information content (AvgIpc) is 2.29. The van der Waals surface area contributed by atoms with Crippen molar-refractivity contribution in [2.75, 3.05) is 29.9 Å². The Kier molecular flexibility index (Phi) is 4.24. The molecule has 3 heteroatoms. The zero-order valence-electron chi connectivity index (χ0n) is 10.9. The van der Waals surface area contributed by atoms with Crippen molar-refractivity contribution in [1.29, 1.82) is 0 Å². The molecule has 0 atom stereocenters. The third kappa shape index (κ3) is 3.11. The molecule has 1 aliphatic rings. The smallest absolute Gasteiger partial charge is 0.130 e. The molecule has 3 nitrogen and oxygen atoms in total. The molecular weight excluding hydrogens is 210 g/mol. The highest BCUT2D eigenvalue weighted by molar-refractivity contribution is 5.47. The van der Waals surface area contributed by atoms with Gasteiger partial charge in [0.2, 0.25) is 0 Å². The third-order valence-corrected chi connectivity index (χ3v) is 3.50. The first-order valence-corrected chi connectivity index (χ1v) is 6.79. The van der Waals surface area contributed by atoms with Gasteiger partial charge in [0, 0.05) is 19.6 Å². The lowest BCUT2D eigenvalue weighted by atomic mass is 9.85. The summed E-state index contributed by atoms with van der Waals surface area (Å²) in [6, 6.07) is 6.23. The van der Waals surface area contributed by atoms with Gasteiger partial charge < -0.3 is 10.2 Å². The second-order valence-corrected chi connectivity index (χ2v) is 4.75. The molecule has 1 aromatic rings. The van der Waals surface area contributed by atoms with Crippen molar-refractivity contribution in [1.82, 2.24) is 4.98 Å². The molecule has 1 aliphatic carbocycles. The van der Waals surface area contributed by atoms with E-state index in [-0.39, 0.29) is 0 Å². The maximum absolute atomic E-state index is 4.66. The molecule has 0 unspecified atom stereocenters. The SMILES string of the molecule is CCNc1cccc(N(CC)CC2CCC2)n1. The minimum absolute atomic E-state index is 0.888. The Morgan fingerprint density at radius 3 is 2.76 bits per heavy atom. The molecule has 1 N–H and O–H groups in total. The lowest BCUT2D eigenvalue weighted by molar-refractivity contribution is 0.318. The number of hydrogen-bond acceptors (Lipinski definition) is 3. The zero-order valence-corrected chi connectivity index (χ0v) is 10.9. The van der Waals surface area contributed by atoms with Gasteiger partial charge in [-0.05, 0) is 44.7 Å². The van der Waals surface area contributed by atoms with Crippen LogP contribution in [0.15, 0.2) is 18.2 Å². The van der Waals surface area contributed by atoms with Gasteiger partial charge >= 0.3 is 0 Å². The molecule has 17 heavy (non-hydrogen) atoms. The molecule has 0 aromatic carbocycles. The topological polar surface area (TPSA) is 28.2 Å². The van der Waals surface area contributed by atoms with Gasteiger partial charge in [-0.3, -0.25) is 0 Å². The molecule has 94 valence electrons. The van der Waals surface area contributed by atoms with Crippen LogP contribution >= 0.6 is 0 Å². The molecular formula is C14H23N3. The van der Waals surface area contributed by atoms with Crippen molar-refractivity contribution in [3.63, 3.8) is 0 Å². The Labute approximate surface area is 104 Å². The maximum atomic E-state index is 4.66. The van der Waals surface area contributed by atoms with E-state index in [9.17, 15) is 0 Å². The normalized spacial score (nSPS) is 15.4. The highest BCUT2D eigenvalue weighted by Gasteiger charge is 2.20. The Bertz CT molecular complexity index is 347. The van der Waals surface area contributed by atoms with Crippen LogP contribution in [0.5, 0.6) is 0 Å². The van der Waals surface area contributed by atoms with E-state index >= 15 is 0 Å². The summed E-state index contributed by atoms with van der Waals surface area (Å²) < 4.78 is 0. The summed E-state index contributed by atoms with van der Waals surface area (Å²) >= 11 is 0.